The number of nitrogens with zero attached hydrogens (tertiary/aromatic N) is 2. The van der Waals surface area contributed by atoms with E-state index in [-0.39, 0.29) is 17.0 Å². The summed E-state index contributed by atoms with van der Waals surface area (Å²) >= 11 is 1.21. The molecule has 4 rings (SSSR count). The molecule has 4 aromatic rings. The number of benzene rings is 2. The SMILES string of the molecule is CCn1c(=NC(=O)c2cc(=O)c3ccccc3o2)sc2cccc(F)c21. The molecule has 0 aliphatic rings. The van der Waals surface area contributed by atoms with Crippen molar-refractivity contribution in [3.05, 3.63) is 75.1 Å². The minimum Gasteiger partial charge on any atom is -0.451 e. The fraction of sp³-hybridized carbons (Fsp3) is 0.105. The lowest BCUT2D eigenvalue weighted by Crippen LogP contribution is -2.17. The maximum Gasteiger partial charge on any atom is 0.315 e. The first-order chi connectivity index (χ1) is 12.6. The predicted molar refractivity (Wildman–Crippen MR) is 97.8 cm³/mol. The van der Waals surface area contributed by atoms with Crippen molar-refractivity contribution in [2.75, 3.05) is 0 Å². The van der Waals surface area contributed by atoms with Crippen molar-refractivity contribution in [3.63, 3.8) is 0 Å². The van der Waals surface area contributed by atoms with Gasteiger partial charge in [-0.05, 0) is 31.2 Å². The molecule has 2 aromatic carbocycles. The van der Waals surface area contributed by atoms with Crippen LogP contribution in [-0.4, -0.2) is 10.5 Å². The minimum absolute atomic E-state index is 0.144. The van der Waals surface area contributed by atoms with E-state index in [0.717, 1.165) is 6.07 Å². The fourth-order valence-corrected chi connectivity index (χ4v) is 3.92. The third-order valence-electron chi connectivity index (χ3n) is 4.01. The van der Waals surface area contributed by atoms with E-state index in [2.05, 4.69) is 4.99 Å². The Kier molecular flexibility index (Phi) is 4.00. The smallest absolute Gasteiger partial charge is 0.315 e. The molecule has 7 heteroatoms. The van der Waals surface area contributed by atoms with Crippen molar-refractivity contribution in [1.82, 2.24) is 4.57 Å². The van der Waals surface area contributed by atoms with Crippen LogP contribution >= 0.6 is 11.3 Å². The summed E-state index contributed by atoms with van der Waals surface area (Å²) in [6.45, 7) is 2.30. The molecule has 0 N–H and O–H groups in total. The Morgan fingerprint density at radius 1 is 1.23 bits per heavy atom. The standard InChI is InChI=1S/C19H13FN2O3S/c1-2-22-17-12(20)7-5-9-16(17)26-19(22)21-18(24)15-10-13(23)11-6-3-4-8-14(11)25-15/h3-10H,2H2,1H3. The van der Waals surface area contributed by atoms with Crippen LogP contribution in [0.4, 0.5) is 4.39 Å². The Labute approximate surface area is 150 Å². The largest absolute Gasteiger partial charge is 0.451 e. The first-order valence-corrected chi connectivity index (χ1v) is 8.80. The number of para-hydroxylation sites is 2. The zero-order chi connectivity index (χ0) is 18.3. The number of thiazole rings is 1. The number of amides is 1. The molecule has 2 aromatic heterocycles. The molecule has 0 fully saturated rings. The summed E-state index contributed by atoms with van der Waals surface area (Å²) in [6, 6.07) is 12.6. The van der Waals surface area contributed by atoms with Gasteiger partial charge in [0.1, 0.15) is 11.4 Å². The van der Waals surface area contributed by atoms with Crippen LogP contribution in [0.25, 0.3) is 21.2 Å². The zero-order valence-corrected chi connectivity index (χ0v) is 14.5. The third-order valence-corrected chi connectivity index (χ3v) is 5.05. The second-order valence-electron chi connectivity index (χ2n) is 5.60. The van der Waals surface area contributed by atoms with Crippen LogP contribution in [0.2, 0.25) is 0 Å². The second-order valence-corrected chi connectivity index (χ2v) is 6.61. The number of carbonyl (C=O) groups excluding carboxylic acids is 1. The lowest BCUT2D eigenvalue weighted by Gasteiger charge is -2.01. The Morgan fingerprint density at radius 3 is 2.85 bits per heavy atom. The summed E-state index contributed by atoms with van der Waals surface area (Å²) in [5.41, 5.74) is 0.423. The molecule has 0 aliphatic carbocycles. The van der Waals surface area contributed by atoms with Gasteiger partial charge in [-0.15, -0.1) is 0 Å². The van der Waals surface area contributed by atoms with Gasteiger partial charge in [-0.25, -0.2) is 4.39 Å². The molecule has 0 saturated carbocycles. The van der Waals surface area contributed by atoms with Gasteiger partial charge in [-0.3, -0.25) is 9.59 Å². The van der Waals surface area contributed by atoms with Crippen molar-refractivity contribution in [1.29, 1.82) is 0 Å². The van der Waals surface area contributed by atoms with E-state index < -0.39 is 5.91 Å². The average molecular weight is 368 g/mol. The first kappa shape index (κ1) is 16.4. The molecule has 2 heterocycles. The number of fused-ring (bicyclic) bond motifs is 2. The van der Waals surface area contributed by atoms with Gasteiger partial charge in [0.15, 0.2) is 16.0 Å². The van der Waals surface area contributed by atoms with Gasteiger partial charge >= 0.3 is 5.91 Å². The number of hydrogen-bond acceptors (Lipinski definition) is 4. The molecule has 0 atom stereocenters. The summed E-state index contributed by atoms with van der Waals surface area (Å²) in [5.74, 6) is -1.19. The van der Waals surface area contributed by atoms with Crippen LogP contribution in [0.15, 0.2) is 62.7 Å². The molecule has 5 nitrogen and oxygen atoms in total. The van der Waals surface area contributed by atoms with Crippen molar-refractivity contribution >= 4 is 38.4 Å². The summed E-state index contributed by atoms with van der Waals surface area (Å²) in [7, 11) is 0. The number of aryl methyl sites for hydroxylation is 1. The highest BCUT2D eigenvalue weighted by molar-refractivity contribution is 7.16. The van der Waals surface area contributed by atoms with Gasteiger partial charge in [0.2, 0.25) is 0 Å². The lowest BCUT2D eigenvalue weighted by molar-refractivity contribution is 0.0972. The summed E-state index contributed by atoms with van der Waals surface area (Å²) in [5, 5.41) is 0.400. The Bertz CT molecular complexity index is 1280. The Hall–Kier alpha value is -3.06. The van der Waals surface area contributed by atoms with Crippen LogP contribution in [0.1, 0.15) is 17.5 Å². The number of carbonyl (C=O) groups is 1. The highest BCUT2D eigenvalue weighted by Gasteiger charge is 2.14. The summed E-state index contributed by atoms with van der Waals surface area (Å²) in [4.78, 5) is 29.1. The van der Waals surface area contributed by atoms with Crippen molar-refractivity contribution in [3.8, 4) is 0 Å². The zero-order valence-electron chi connectivity index (χ0n) is 13.7. The molecule has 0 aliphatic heterocycles. The predicted octanol–water partition coefficient (Wildman–Crippen LogP) is 3.71. The van der Waals surface area contributed by atoms with Crippen LogP contribution in [0.3, 0.4) is 0 Å². The van der Waals surface area contributed by atoms with Crippen LogP contribution in [0, 0.1) is 5.82 Å². The maximum absolute atomic E-state index is 14.1. The fourth-order valence-electron chi connectivity index (χ4n) is 2.82. The van der Waals surface area contributed by atoms with Crippen LogP contribution < -0.4 is 10.2 Å². The number of aromatic nitrogens is 1. The third kappa shape index (κ3) is 2.66. The van der Waals surface area contributed by atoms with E-state index in [1.807, 2.05) is 6.92 Å². The quantitative estimate of drug-likeness (QED) is 0.542. The van der Waals surface area contributed by atoms with E-state index in [1.165, 1.54) is 17.4 Å². The molecule has 0 bridgehead atoms. The second kappa shape index (κ2) is 6.34. The van der Waals surface area contributed by atoms with E-state index in [0.29, 0.717) is 32.5 Å². The van der Waals surface area contributed by atoms with Gasteiger partial charge in [0, 0.05) is 12.6 Å². The van der Waals surface area contributed by atoms with Gasteiger partial charge in [-0.1, -0.05) is 29.5 Å². The summed E-state index contributed by atoms with van der Waals surface area (Å²) < 4.78 is 22.0. The highest BCUT2D eigenvalue weighted by atomic mass is 32.1. The molecule has 0 saturated heterocycles. The van der Waals surface area contributed by atoms with Gasteiger partial charge < -0.3 is 8.98 Å². The van der Waals surface area contributed by atoms with E-state index in [9.17, 15) is 14.0 Å². The minimum atomic E-state index is -0.679. The van der Waals surface area contributed by atoms with Crippen molar-refractivity contribution in [2.24, 2.45) is 4.99 Å². The van der Waals surface area contributed by atoms with Crippen molar-refractivity contribution < 1.29 is 13.6 Å². The van der Waals surface area contributed by atoms with E-state index in [4.69, 9.17) is 4.42 Å². The number of hydrogen-bond donors (Lipinski definition) is 0. The lowest BCUT2D eigenvalue weighted by atomic mass is 10.2. The monoisotopic (exact) mass is 368 g/mol. The maximum atomic E-state index is 14.1. The average Bonchev–Trinajstić information content (AvgIpc) is 3.00. The topological polar surface area (TPSA) is 64.6 Å². The molecule has 26 heavy (non-hydrogen) atoms. The van der Waals surface area contributed by atoms with Crippen LogP contribution in [-0.2, 0) is 6.54 Å². The molecule has 130 valence electrons. The van der Waals surface area contributed by atoms with E-state index >= 15 is 0 Å². The molecular formula is C19H13FN2O3S. The molecule has 0 spiro atoms. The molecular weight excluding hydrogens is 355 g/mol. The normalized spacial score (nSPS) is 12.2. The van der Waals surface area contributed by atoms with Gasteiger partial charge in [0.05, 0.1) is 15.6 Å². The Morgan fingerprint density at radius 2 is 2.04 bits per heavy atom. The molecule has 0 radical (unpaired) electrons. The molecule has 0 unspecified atom stereocenters. The Balaban J connectivity index is 1.89. The number of halogens is 1. The van der Waals surface area contributed by atoms with Crippen LogP contribution in [0.5, 0.6) is 0 Å². The summed E-state index contributed by atoms with van der Waals surface area (Å²) in [6.07, 6.45) is 0. The van der Waals surface area contributed by atoms with Gasteiger partial charge in [-0.2, -0.15) is 4.99 Å². The molecule has 1 amide bonds. The van der Waals surface area contributed by atoms with Gasteiger partial charge in [0.25, 0.3) is 0 Å². The van der Waals surface area contributed by atoms with E-state index in [1.54, 1.807) is 41.0 Å². The highest BCUT2D eigenvalue weighted by Crippen LogP contribution is 2.20. The first-order valence-electron chi connectivity index (χ1n) is 7.98. The van der Waals surface area contributed by atoms with Crippen molar-refractivity contribution in [2.45, 2.75) is 13.5 Å². The number of rotatable bonds is 2.